The predicted molar refractivity (Wildman–Crippen MR) is 141 cm³/mol. The Labute approximate surface area is 222 Å². The van der Waals surface area contributed by atoms with E-state index in [9.17, 15) is 18.0 Å². The third-order valence-corrected chi connectivity index (χ3v) is 10.9. The number of likely N-dealkylation sites (N-methyl/N-ethyl adjacent to an activating group) is 1. The summed E-state index contributed by atoms with van der Waals surface area (Å²) in [5.41, 5.74) is 1.43. The van der Waals surface area contributed by atoms with Crippen LogP contribution in [0.15, 0.2) is 28.5 Å². The summed E-state index contributed by atoms with van der Waals surface area (Å²) >= 11 is 2.54. The fraction of sp³-hybridized carbons (Fsp3) is 0.391. The molecule has 14 heteroatoms. The Morgan fingerprint density at radius 1 is 1.11 bits per heavy atom. The molecule has 0 aliphatic carbocycles. The van der Waals surface area contributed by atoms with E-state index in [4.69, 9.17) is 5.41 Å². The van der Waals surface area contributed by atoms with Gasteiger partial charge in [-0.15, -0.1) is 22.7 Å². The van der Waals surface area contributed by atoms with Crippen LogP contribution in [0.3, 0.4) is 0 Å². The van der Waals surface area contributed by atoms with E-state index in [-0.39, 0.29) is 29.0 Å². The number of rotatable bonds is 4. The molecule has 3 aromatic rings. The number of alkyl carbamates (subject to hydrolysis) is 1. The maximum absolute atomic E-state index is 13.4. The van der Waals surface area contributed by atoms with E-state index in [1.165, 1.54) is 22.8 Å². The number of aromatic nitrogens is 1. The number of thiophene rings is 1. The highest BCUT2D eigenvalue weighted by atomic mass is 32.2. The second-order valence-corrected chi connectivity index (χ2v) is 13.2. The number of amidine groups is 1. The summed E-state index contributed by atoms with van der Waals surface area (Å²) in [6, 6.07) is 6.64. The molecule has 4 heterocycles. The van der Waals surface area contributed by atoms with Crippen molar-refractivity contribution >= 4 is 60.6 Å². The molecule has 0 bridgehead atoms. The van der Waals surface area contributed by atoms with Gasteiger partial charge < -0.3 is 14.5 Å². The number of amides is 2. The fourth-order valence-electron chi connectivity index (χ4n) is 4.32. The van der Waals surface area contributed by atoms with Crippen LogP contribution in [0.25, 0.3) is 10.1 Å². The Bertz CT molecular complexity index is 1490. The van der Waals surface area contributed by atoms with Gasteiger partial charge in [-0.05, 0) is 24.6 Å². The summed E-state index contributed by atoms with van der Waals surface area (Å²) in [7, 11) is -0.491. The molecule has 196 valence electrons. The Hall–Kier alpha value is -2.91. The summed E-state index contributed by atoms with van der Waals surface area (Å²) in [5.74, 6) is -0.281. The number of nitrogens with zero attached hydrogens (tertiary/aromatic N) is 4. The Balaban J connectivity index is 1.26. The molecule has 1 fully saturated rings. The van der Waals surface area contributed by atoms with Gasteiger partial charge in [-0.2, -0.15) is 4.31 Å². The zero-order valence-corrected chi connectivity index (χ0v) is 22.8. The molecule has 0 unspecified atom stereocenters. The number of nitrogens with one attached hydrogen (secondary N) is 2. The van der Waals surface area contributed by atoms with Crippen molar-refractivity contribution in [1.29, 1.82) is 5.41 Å². The number of carbonyl (C=O) groups is 2. The van der Waals surface area contributed by atoms with Crippen LogP contribution < -0.4 is 5.32 Å². The lowest BCUT2D eigenvalue weighted by Crippen LogP contribution is -2.50. The Morgan fingerprint density at radius 2 is 1.86 bits per heavy atom. The van der Waals surface area contributed by atoms with Crippen molar-refractivity contribution in [1.82, 2.24) is 24.4 Å². The average Bonchev–Trinajstić information content (AvgIpc) is 3.52. The van der Waals surface area contributed by atoms with E-state index in [2.05, 4.69) is 19.9 Å². The zero-order chi connectivity index (χ0) is 26.3. The number of piperazine rings is 1. The minimum Gasteiger partial charge on any atom is -0.453 e. The molecule has 2 amide bonds. The van der Waals surface area contributed by atoms with Gasteiger partial charge in [-0.3, -0.25) is 15.5 Å². The topological polar surface area (TPSA) is 136 Å². The van der Waals surface area contributed by atoms with Crippen molar-refractivity contribution in [2.45, 2.75) is 17.2 Å². The lowest BCUT2D eigenvalue weighted by molar-refractivity contribution is 0.0697. The molecular formula is C23H26N6O5S3. The molecule has 5 rings (SSSR count). The number of fused-ring (bicyclic) bond motifs is 2. The van der Waals surface area contributed by atoms with Crippen LogP contribution in [0, 0.1) is 5.41 Å². The molecule has 2 aliphatic heterocycles. The second-order valence-electron chi connectivity index (χ2n) is 8.88. The number of thiazole rings is 1. The zero-order valence-electron chi connectivity index (χ0n) is 20.3. The largest absolute Gasteiger partial charge is 0.453 e. The van der Waals surface area contributed by atoms with Crippen LogP contribution in [0.5, 0.6) is 0 Å². The van der Waals surface area contributed by atoms with Crippen molar-refractivity contribution in [3.63, 3.8) is 0 Å². The van der Waals surface area contributed by atoms with Crippen molar-refractivity contribution in [3.8, 4) is 0 Å². The van der Waals surface area contributed by atoms with Crippen LogP contribution in [-0.2, 0) is 27.7 Å². The molecule has 0 spiro atoms. The van der Waals surface area contributed by atoms with Gasteiger partial charge in [0.2, 0.25) is 0 Å². The minimum atomic E-state index is -3.75. The van der Waals surface area contributed by atoms with Gasteiger partial charge in [-0.25, -0.2) is 18.2 Å². The van der Waals surface area contributed by atoms with E-state index in [0.717, 1.165) is 46.8 Å². The summed E-state index contributed by atoms with van der Waals surface area (Å²) in [6.07, 6.45) is 0.0838. The van der Waals surface area contributed by atoms with Crippen molar-refractivity contribution in [3.05, 3.63) is 45.4 Å². The normalized spacial score (nSPS) is 17.0. The maximum atomic E-state index is 13.4. The molecule has 1 aromatic carbocycles. The molecule has 0 radical (unpaired) electrons. The maximum Gasteiger partial charge on any atom is 0.412 e. The number of benzene rings is 1. The quantitative estimate of drug-likeness (QED) is 0.367. The van der Waals surface area contributed by atoms with Crippen LogP contribution >= 0.6 is 22.7 Å². The smallest absolute Gasteiger partial charge is 0.412 e. The number of ether oxygens (including phenoxy) is 1. The molecule has 2 aliphatic rings. The van der Waals surface area contributed by atoms with Gasteiger partial charge in [0.15, 0.2) is 5.01 Å². The first-order valence-corrected chi connectivity index (χ1v) is 14.7. The second kappa shape index (κ2) is 10.1. The number of hydrogen-bond acceptors (Lipinski definition) is 10. The van der Waals surface area contributed by atoms with Gasteiger partial charge in [0.05, 0.1) is 12.8 Å². The van der Waals surface area contributed by atoms with E-state index in [0.29, 0.717) is 28.4 Å². The van der Waals surface area contributed by atoms with Gasteiger partial charge >= 0.3 is 6.09 Å². The predicted octanol–water partition coefficient (Wildman–Crippen LogP) is 2.17. The highest BCUT2D eigenvalue weighted by molar-refractivity contribution is 7.91. The highest BCUT2D eigenvalue weighted by Gasteiger charge is 2.33. The lowest BCUT2D eigenvalue weighted by atomic mass is 10.1. The van der Waals surface area contributed by atoms with Gasteiger partial charge in [0.25, 0.3) is 15.9 Å². The summed E-state index contributed by atoms with van der Waals surface area (Å²) in [5, 5.41) is 11.5. The van der Waals surface area contributed by atoms with Gasteiger partial charge in [0, 0.05) is 60.8 Å². The number of hydrogen-bond donors (Lipinski definition) is 2. The molecule has 2 aromatic heterocycles. The fourth-order valence-corrected chi connectivity index (χ4v) is 8.49. The van der Waals surface area contributed by atoms with Gasteiger partial charge in [-0.1, -0.05) is 12.1 Å². The number of methoxy groups -OCH3 is 1. The van der Waals surface area contributed by atoms with E-state index in [1.807, 2.05) is 7.05 Å². The van der Waals surface area contributed by atoms with Gasteiger partial charge in [0.1, 0.15) is 10.0 Å². The van der Waals surface area contributed by atoms with Crippen LogP contribution in [0.2, 0.25) is 0 Å². The molecule has 11 nitrogen and oxygen atoms in total. The molecule has 37 heavy (non-hydrogen) atoms. The van der Waals surface area contributed by atoms with Crippen molar-refractivity contribution in [2.75, 3.05) is 46.9 Å². The summed E-state index contributed by atoms with van der Waals surface area (Å²) in [4.78, 5) is 34.0. The SMILES string of the molecule is COC(=O)NC(=N)c1ccc2cc(S(=O)(=O)N3CCN(C(=O)c4nc5c(s4)CN(C)CC5)CC3)sc2c1. The molecule has 0 atom stereocenters. The van der Waals surface area contributed by atoms with E-state index >= 15 is 0 Å². The summed E-state index contributed by atoms with van der Waals surface area (Å²) in [6.45, 7) is 2.73. The molecule has 0 saturated carbocycles. The molecule has 2 N–H and O–H groups in total. The Morgan fingerprint density at radius 3 is 2.59 bits per heavy atom. The lowest BCUT2D eigenvalue weighted by Gasteiger charge is -2.33. The van der Waals surface area contributed by atoms with Crippen LogP contribution in [0.4, 0.5) is 4.79 Å². The highest BCUT2D eigenvalue weighted by Crippen LogP contribution is 2.32. The first-order valence-electron chi connectivity index (χ1n) is 11.6. The minimum absolute atomic E-state index is 0.138. The number of sulfonamides is 1. The summed E-state index contributed by atoms with van der Waals surface area (Å²) < 4.78 is 33.5. The monoisotopic (exact) mass is 562 g/mol. The molecule has 1 saturated heterocycles. The Kier molecular flexibility index (Phi) is 7.02. The third kappa shape index (κ3) is 5.11. The van der Waals surface area contributed by atoms with Crippen LogP contribution in [0.1, 0.15) is 25.9 Å². The van der Waals surface area contributed by atoms with E-state index < -0.39 is 16.1 Å². The van der Waals surface area contributed by atoms with Crippen LogP contribution in [-0.4, -0.2) is 92.2 Å². The van der Waals surface area contributed by atoms with Crippen molar-refractivity contribution in [2.24, 2.45) is 0 Å². The van der Waals surface area contributed by atoms with E-state index in [1.54, 1.807) is 29.2 Å². The molecular weight excluding hydrogens is 536 g/mol. The van der Waals surface area contributed by atoms with Crippen molar-refractivity contribution < 1.29 is 22.7 Å². The standard InChI is InChI=1S/C23H26N6O5S3/c1-27-6-5-16-18(13-27)36-21(25-16)22(30)28-7-9-29(10-8-28)37(32,33)19-12-14-3-4-15(11-17(14)35-19)20(24)26-23(31)34-2/h3-4,11-12H,5-10,13H2,1-2H3,(H2,24,26,31). The first-order chi connectivity index (χ1) is 17.7. The number of carbonyl (C=O) groups excluding carboxylic acids is 2. The average molecular weight is 563 g/mol. The third-order valence-electron chi connectivity index (χ3n) is 6.42. The first kappa shape index (κ1) is 25.7.